The topological polar surface area (TPSA) is 174 Å². The summed E-state index contributed by atoms with van der Waals surface area (Å²) in [7, 11) is 0. The Morgan fingerprint density at radius 1 is 0.553 bits per heavy atom. The molecule has 11 heteroatoms. The van der Waals surface area contributed by atoms with Crippen LogP contribution in [-0.2, 0) is 9.47 Å². The first-order valence-electron chi connectivity index (χ1n) is 15.6. The summed E-state index contributed by atoms with van der Waals surface area (Å²) >= 11 is 0.846. The molecule has 0 amide bonds. The molecule has 0 spiro atoms. The smallest absolute Gasteiger partial charge is 0.163 e. The van der Waals surface area contributed by atoms with E-state index in [2.05, 4.69) is 0 Å². The summed E-state index contributed by atoms with van der Waals surface area (Å²) in [6, 6.07) is 25.6. The predicted molar refractivity (Wildman–Crippen MR) is 176 cm³/mol. The Balaban J connectivity index is 1.18. The third kappa shape index (κ3) is 7.00. The van der Waals surface area contributed by atoms with Crippen molar-refractivity contribution in [1.82, 2.24) is 0 Å². The number of benzene rings is 4. The van der Waals surface area contributed by atoms with Crippen LogP contribution in [-0.4, -0.2) is 103 Å². The molecule has 4 aromatic carbocycles. The van der Waals surface area contributed by atoms with Crippen LogP contribution in [0.2, 0.25) is 0 Å². The minimum atomic E-state index is -1.42. The quantitative estimate of drug-likeness (QED) is 0.138. The maximum atomic E-state index is 13.4. The zero-order valence-corrected chi connectivity index (χ0v) is 26.2. The van der Waals surface area contributed by atoms with Crippen molar-refractivity contribution in [2.45, 2.75) is 60.3 Å². The maximum Gasteiger partial charge on any atom is 0.163 e. The van der Waals surface area contributed by atoms with Crippen LogP contribution >= 0.6 is 11.8 Å². The van der Waals surface area contributed by atoms with Gasteiger partial charge < -0.3 is 40.1 Å². The van der Waals surface area contributed by atoms with Crippen LogP contribution in [0.4, 0.5) is 0 Å². The number of ketones is 2. The van der Waals surface area contributed by atoms with Gasteiger partial charge in [0.25, 0.3) is 0 Å². The van der Waals surface area contributed by atoms with Gasteiger partial charge in [0.15, 0.2) is 11.6 Å². The highest BCUT2D eigenvalue weighted by Crippen LogP contribution is 2.41. The van der Waals surface area contributed by atoms with E-state index in [1.54, 1.807) is 24.3 Å². The lowest BCUT2D eigenvalue weighted by molar-refractivity contribution is -0.191. The van der Waals surface area contributed by atoms with E-state index in [9.17, 15) is 40.2 Å². The molecule has 248 valence electrons. The summed E-state index contributed by atoms with van der Waals surface area (Å²) in [5, 5.41) is 68.4. The standard InChI is InChI=1S/C36H38O10S/c37-17-29-31(41)25(15-27(39)23-11-9-19-5-1-3-7-21(19)13-23)33(43)35(45-29)47-36-34(44)26(32(42)30(18-38)46-36)16-28(40)24-12-10-20-6-2-4-8-22(20)14-24/h1-14,25-26,29-38,41-44H,15-18H2/t25-,26?,29?,30+,31+,32+,33?,34?,35-,36-/m0/s1. The number of aliphatic hydroxyl groups is 6. The summed E-state index contributed by atoms with van der Waals surface area (Å²) in [4.78, 5) is 26.7. The maximum absolute atomic E-state index is 13.4. The Morgan fingerprint density at radius 3 is 1.32 bits per heavy atom. The van der Waals surface area contributed by atoms with E-state index in [-0.39, 0.29) is 24.4 Å². The molecule has 47 heavy (non-hydrogen) atoms. The second-order valence-electron chi connectivity index (χ2n) is 12.3. The van der Waals surface area contributed by atoms with Gasteiger partial charge in [-0.15, -0.1) is 0 Å². The number of thioether (sulfide) groups is 1. The van der Waals surface area contributed by atoms with E-state index in [1.807, 2.05) is 60.7 Å². The number of rotatable bonds is 10. The molecule has 0 aliphatic carbocycles. The molecule has 0 radical (unpaired) electrons. The molecule has 4 aromatic rings. The molecule has 2 fully saturated rings. The van der Waals surface area contributed by atoms with Crippen LogP contribution in [0.1, 0.15) is 33.6 Å². The molecule has 0 bridgehead atoms. The Kier molecular flexibility index (Phi) is 10.4. The second kappa shape index (κ2) is 14.5. The summed E-state index contributed by atoms with van der Waals surface area (Å²) in [6.07, 6.45) is -8.35. The lowest BCUT2D eigenvalue weighted by Gasteiger charge is -2.46. The Labute approximate surface area is 275 Å². The molecule has 4 unspecified atom stereocenters. The zero-order chi connectivity index (χ0) is 33.2. The van der Waals surface area contributed by atoms with Gasteiger partial charge in [-0.25, -0.2) is 0 Å². The van der Waals surface area contributed by atoms with Crippen LogP contribution in [0, 0.1) is 11.8 Å². The van der Waals surface area contributed by atoms with Gasteiger partial charge in [-0.3, -0.25) is 9.59 Å². The van der Waals surface area contributed by atoms with Gasteiger partial charge in [-0.1, -0.05) is 84.6 Å². The second-order valence-corrected chi connectivity index (χ2v) is 13.5. The third-order valence-electron chi connectivity index (χ3n) is 9.31. The highest BCUT2D eigenvalue weighted by atomic mass is 32.2. The van der Waals surface area contributed by atoms with Crippen LogP contribution in [0.25, 0.3) is 21.5 Å². The zero-order valence-electron chi connectivity index (χ0n) is 25.4. The van der Waals surface area contributed by atoms with Crippen molar-refractivity contribution in [2.24, 2.45) is 11.8 Å². The van der Waals surface area contributed by atoms with E-state index in [0.29, 0.717) is 11.1 Å². The molecule has 2 aliphatic rings. The summed E-state index contributed by atoms with van der Waals surface area (Å²) in [6.45, 7) is -1.19. The number of aliphatic hydroxyl groups excluding tert-OH is 6. The van der Waals surface area contributed by atoms with Crippen LogP contribution in [0.15, 0.2) is 84.9 Å². The van der Waals surface area contributed by atoms with E-state index >= 15 is 0 Å². The number of Topliss-reactive ketones (excluding diaryl/α,β-unsaturated/α-hetero) is 2. The lowest BCUT2D eigenvalue weighted by atomic mass is 9.84. The fraction of sp³-hybridized carbons (Fsp3) is 0.389. The monoisotopic (exact) mass is 662 g/mol. The van der Waals surface area contributed by atoms with Gasteiger partial charge in [0, 0.05) is 35.8 Å². The van der Waals surface area contributed by atoms with Crippen molar-refractivity contribution in [3.05, 3.63) is 96.1 Å². The van der Waals surface area contributed by atoms with Gasteiger partial charge in [0.05, 0.1) is 37.6 Å². The SMILES string of the molecule is O=C(CC1C(O)[C@H](S[C@@H]2OC(CO)[C@H](O)[C@H](CC(=O)c3ccc4ccccc4c3)C2O)O[C@H](CO)[C@@H]1O)c1ccc2ccccc2c1. The number of hydrogen-bond donors (Lipinski definition) is 6. The van der Waals surface area contributed by atoms with Crippen LogP contribution in [0.3, 0.4) is 0 Å². The van der Waals surface area contributed by atoms with Gasteiger partial charge in [-0.05, 0) is 33.7 Å². The Bertz CT molecular complexity index is 1610. The minimum Gasteiger partial charge on any atom is -0.394 e. The van der Waals surface area contributed by atoms with Gasteiger partial charge in [0.2, 0.25) is 0 Å². The number of hydrogen-bond acceptors (Lipinski definition) is 11. The summed E-state index contributed by atoms with van der Waals surface area (Å²) in [5.41, 5.74) is -1.53. The molecular formula is C36H38O10S. The number of carbonyl (C=O) groups is 2. The molecule has 6 N–H and O–H groups in total. The van der Waals surface area contributed by atoms with Crippen molar-refractivity contribution in [3.8, 4) is 0 Å². The summed E-state index contributed by atoms with van der Waals surface area (Å²) < 4.78 is 11.7. The average Bonchev–Trinajstić information content (AvgIpc) is 3.10. The fourth-order valence-electron chi connectivity index (χ4n) is 6.56. The normalized spacial score (nSPS) is 31.2. The lowest BCUT2D eigenvalue weighted by Crippen LogP contribution is -2.58. The molecule has 0 aromatic heterocycles. The largest absolute Gasteiger partial charge is 0.394 e. The number of carbonyl (C=O) groups excluding carboxylic acids is 2. The molecule has 6 rings (SSSR count). The Morgan fingerprint density at radius 2 is 0.936 bits per heavy atom. The first-order chi connectivity index (χ1) is 22.7. The number of fused-ring (bicyclic) bond motifs is 2. The van der Waals surface area contributed by atoms with Gasteiger partial charge in [-0.2, -0.15) is 0 Å². The van der Waals surface area contributed by atoms with E-state index in [4.69, 9.17) is 9.47 Å². The van der Waals surface area contributed by atoms with Crippen molar-refractivity contribution >= 4 is 44.9 Å². The molecule has 2 heterocycles. The van der Waals surface area contributed by atoms with Crippen LogP contribution < -0.4 is 0 Å². The predicted octanol–water partition coefficient (Wildman–Crippen LogP) is 2.68. The average molecular weight is 663 g/mol. The van der Waals surface area contributed by atoms with E-state index in [0.717, 1.165) is 33.3 Å². The number of ether oxygens (including phenoxy) is 2. The first-order valence-corrected chi connectivity index (χ1v) is 16.6. The molecule has 2 aliphatic heterocycles. The third-order valence-corrected chi connectivity index (χ3v) is 10.6. The van der Waals surface area contributed by atoms with Gasteiger partial charge in [0.1, 0.15) is 23.1 Å². The van der Waals surface area contributed by atoms with Crippen LogP contribution in [0.5, 0.6) is 0 Å². The molecule has 2 saturated heterocycles. The minimum absolute atomic E-state index is 0.244. The Hall–Kier alpha value is -3.23. The molecular weight excluding hydrogens is 624 g/mol. The first kappa shape index (κ1) is 33.7. The van der Waals surface area contributed by atoms with Gasteiger partial charge >= 0.3 is 0 Å². The molecule has 10 atom stereocenters. The summed E-state index contributed by atoms with van der Waals surface area (Å²) in [5.74, 6) is -2.68. The van der Waals surface area contributed by atoms with Crippen molar-refractivity contribution < 1.29 is 49.7 Å². The highest BCUT2D eigenvalue weighted by molar-refractivity contribution is 8.00. The van der Waals surface area contributed by atoms with Crippen molar-refractivity contribution in [1.29, 1.82) is 0 Å². The fourth-order valence-corrected chi connectivity index (χ4v) is 7.96. The van der Waals surface area contributed by atoms with E-state index in [1.165, 1.54) is 0 Å². The molecule has 10 nitrogen and oxygen atoms in total. The van der Waals surface area contributed by atoms with Crippen molar-refractivity contribution in [3.63, 3.8) is 0 Å². The van der Waals surface area contributed by atoms with E-state index < -0.39 is 72.5 Å². The van der Waals surface area contributed by atoms with Crippen molar-refractivity contribution in [2.75, 3.05) is 13.2 Å². The highest BCUT2D eigenvalue weighted by Gasteiger charge is 2.50. The molecule has 0 saturated carbocycles.